The first-order valence-electron chi connectivity index (χ1n) is 9.90. The molecule has 2 aliphatic heterocycles. The van der Waals surface area contributed by atoms with Crippen molar-refractivity contribution in [3.63, 3.8) is 0 Å². The van der Waals surface area contributed by atoms with Crippen molar-refractivity contribution in [2.45, 2.75) is 25.8 Å². The third-order valence-electron chi connectivity index (χ3n) is 5.21. The molecule has 158 valence electrons. The van der Waals surface area contributed by atoms with E-state index in [2.05, 4.69) is 15.6 Å². The van der Waals surface area contributed by atoms with E-state index in [0.29, 0.717) is 22.0 Å². The smallest absolute Gasteiger partial charge is 0.338 e. The zero-order valence-corrected chi connectivity index (χ0v) is 18.0. The van der Waals surface area contributed by atoms with Gasteiger partial charge in [-0.15, -0.1) is 11.3 Å². The minimum atomic E-state index is -0.706. The molecule has 0 aliphatic carbocycles. The SMILES string of the molecule is CCOC(=O)C1=C(C2CCNCC2)NC(c2nccs2)=NC1c1ccc(F)cc1Cl. The van der Waals surface area contributed by atoms with Crippen molar-refractivity contribution in [1.29, 1.82) is 0 Å². The van der Waals surface area contributed by atoms with Crippen molar-refractivity contribution in [2.24, 2.45) is 10.9 Å². The predicted octanol–water partition coefficient (Wildman–Crippen LogP) is 3.84. The van der Waals surface area contributed by atoms with Crippen LogP contribution in [-0.2, 0) is 9.53 Å². The van der Waals surface area contributed by atoms with Gasteiger partial charge in [-0.2, -0.15) is 0 Å². The minimum absolute atomic E-state index is 0.137. The van der Waals surface area contributed by atoms with E-state index in [-0.39, 0.29) is 17.5 Å². The molecule has 0 amide bonds. The summed E-state index contributed by atoms with van der Waals surface area (Å²) in [6, 6.07) is 3.44. The van der Waals surface area contributed by atoms with Crippen LogP contribution in [0.2, 0.25) is 5.02 Å². The molecule has 1 fully saturated rings. The zero-order valence-electron chi connectivity index (χ0n) is 16.5. The van der Waals surface area contributed by atoms with Crippen LogP contribution in [0.4, 0.5) is 4.39 Å². The highest BCUT2D eigenvalue weighted by atomic mass is 35.5. The molecule has 2 N–H and O–H groups in total. The summed E-state index contributed by atoms with van der Waals surface area (Å²) in [5.74, 6) is -0.164. The number of thiazole rings is 1. The second kappa shape index (κ2) is 9.24. The lowest BCUT2D eigenvalue weighted by atomic mass is 9.86. The van der Waals surface area contributed by atoms with E-state index in [1.54, 1.807) is 19.2 Å². The fourth-order valence-corrected chi connectivity index (χ4v) is 4.69. The Morgan fingerprint density at radius 1 is 1.37 bits per heavy atom. The third-order valence-corrected chi connectivity index (χ3v) is 6.32. The van der Waals surface area contributed by atoms with Crippen LogP contribution in [0.3, 0.4) is 0 Å². The Bertz CT molecular complexity index is 987. The summed E-state index contributed by atoms with van der Waals surface area (Å²) in [6.07, 6.45) is 3.46. The summed E-state index contributed by atoms with van der Waals surface area (Å²) in [7, 11) is 0. The number of esters is 1. The van der Waals surface area contributed by atoms with E-state index >= 15 is 0 Å². The van der Waals surface area contributed by atoms with E-state index in [0.717, 1.165) is 31.6 Å². The number of hydrogen-bond donors (Lipinski definition) is 2. The summed E-state index contributed by atoms with van der Waals surface area (Å²) >= 11 is 7.84. The maximum absolute atomic E-state index is 13.7. The number of benzene rings is 1. The molecule has 1 atom stereocenters. The van der Waals surface area contributed by atoms with E-state index in [1.807, 2.05) is 5.38 Å². The molecular formula is C21H22ClFN4O2S. The number of carbonyl (C=O) groups excluding carboxylic acids is 1. The highest BCUT2D eigenvalue weighted by Crippen LogP contribution is 2.39. The average molecular weight is 449 g/mol. The fourth-order valence-electron chi connectivity index (χ4n) is 3.83. The minimum Gasteiger partial charge on any atom is -0.463 e. The molecule has 1 saturated heterocycles. The third kappa shape index (κ3) is 4.26. The lowest BCUT2D eigenvalue weighted by Gasteiger charge is -2.33. The van der Waals surface area contributed by atoms with E-state index in [4.69, 9.17) is 21.3 Å². The second-order valence-electron chi connectivity index (χ2n) is 7.08. The van der Waals surface area contributed by atoms with Crippen LogP contribution in [0, 0.1) is 11.7 Å². The lowest BCUT2D eigenvalue weighted by Crippen LogP contribution is -2.40. The summed E-state index contributed by atoms with van der Waals surface area (Å²) in [5, 5.41) is 9.53. The number of allylic oxidation sites excluding steroid dienone is 1. The molecule has 2 aliphatic rings. The van der Waals surface area contributed by atoms with Gasteiger partial charge in [0.25, 0.3) is 0 Å². The average Bonchev–Trinajstić information content (AvgIpc) is 3.29. The predicted molar refractivity (Wildman–Crippen MR) is 115 cm³/mol. The molecule has 1 aromatic heterocycles. The molecule has 0 spiro atoms. The number of halogens is 2. The molecule has 2 aromatic rings. The van der Waals surface area contributed by atoms with Crippen molar-refractivity contribution in [2.75, 3.05) is 19.7 Å². The van der Waals surface area contributed by atoms with Crippen molar-refractivity contribution >= 4 is 34.7 Å². The van der Waals surface area contributed by atoms with Crippen LogP contribution >= 0.6 is 22.9 Å². The number of aromatic nitrogens is 1. The van der Waals surface area contributed by atoms with Gasteiger partial charge in [0.2, 0.25) is 0 Å². The summed E-state index contributed by atoms with van der Waals surface area (Å²) in [6.45, 7) is 3.73. The Morgan fingerprint density at radius 2 is 2.17 bits per heavy atom. The van der Waals surface area contributed by atoms with Crippen LogP contribution in [0.5, 0.6) is 0 Å². The van der Waals surface area contributed by atoms with Crippen LogP contribution < -0.4 is 10.6 Å². The first-order valence-corrected chi connectivity index (χ1v) is 11.2. The molecule has 3 heterocycles. The van der Waals surface area contributed by atoms with Crippen LogP contribution in [0.15, 0.2) is 46.0 Å². The number of amidine groups is 1. The maximum atomic E-state index is 13.7. The van der Waals surface area contributed by atoms with Gasteiger partial charge in [-0.3, -0.25) is 4.99 Å². The molecule has 0 radical (unpaired) electrons. The van der Waals surface area contributed by atoms with Crippen LogP contribution in [0.1, 0.15) is 36.4 Å². The Morgan fingerprint density at radius 3 is 2.83 bits per heavy atom. The Labute approximate surface area is 183 Å². The number of carbonyl (C=O) groups is 1. The highest BCUT2D eigenvalue weighted by Gasteiger charge is 2.37. The molecule has 1 unspecified atom stereocenters. The normalized spacial score (nSPS) is 20.0. The summed E-state index contributed by atoms with van der Waals surface area (Å²) < 4.78 is 19.1. The van der Waals surface area contributed by atoms with Gasteiger partial charge in [-0.1, -0.05) is 17.7 Å². The zero-order chi connectivity index (χ0) is 21.1. The molecule has 0 bridgehead atoms. The van der Waals surface area contributed by atoms with Crippen molar-refractivity contribution in [3.05, 3.63) is 62.5 Å². The van der Waals surface area contributed by atoms with Crippen LogP contribution in [0.25, 0.3) is 0 Å². The molecule has 1 aromatic carbocycles. The number of piperidine rings is 1. The first kappa shape index (κ1) is 21.0. The van der Waals surface area contributed by atoms with Gasteiger partial charge in [-0.05, 0) is 45.0 Å². The van der Waals surface area contributed by atoms with Gasteiger partial charge in [0.1, 0.15) is 11.9 Å². The quantitative estimate of drug-likeness (QED) is 0.679. The van der Waals surface area contributed by atoms with Crippen molar-refractivity contribution < 1.29 is 13.9 Å². The van der Waals surface area contributed by atoms with Gasteiger partial charge < -0.3 is 15.4 Å². The number of aliphatic imine (C=N–C) groups is 1. The first-order chi connectivity index (χ1) is 14.6. The standard InChI is InChI=1S/C21H22ClFN4O2S/c1-2-29-21(28)16-17(12-5-7-24-8-6-12)26-19(20-25-9-10-30-20)27-18(16)14-4-3-13(23)11-15(14)22/h3-4,9-12,18,24H,2,5-8H2,1H3,(H,26,27). The molecule has 30 heavy (non-hydrogen) atoms. The van der Waals surface area contributed by atoms with Gasteiger partial charge >= 0.3 is 5.97 Å². The van der Waals surface area contributed by atoms with Crippen LogP contribution in [-0.4, -0.2) is 36.5 Å². The summed E-state index contributed by atoms with van der Waals surface area (Å²) in [5.41, 5.74) is 1.78. The van der Waals surface area contributed by atoms with Gasteiger partial charge in [-0.25, -0.2) is 14.2 Å². The number of hydrogen-bond acceptors (Lipinski definition) is 7. The monoisotopic (exact) mass is 448 g/mol. The van der Waals surface area contributed by atoms with Crippen molar-refractivity contribution in [1.82, 2.24) is 15.6 Å². The molecule has 9 heteroatoms. The molecule has 0 saturated carbocycles. The fraction of sp³-hybridized carbons (Fsp3) is 0.381. The Balaban J connectivity index is 1.87. The highest BCUT2D eigenvalue weighted by molar-refractivity contribution is 7.11. The molecule has 6 nitrogen and oxygen atoms in total. The Hall–Kier alpha value is -2.29. The number of nitrogens with zero attached hydrogens (tertiary/aromatic N) is 2. The number of ether oxygens (including phenoxy) is 1. The van der Waals surface area contributed by atoms with E-state index in [9.17, 15) is 9.18 Å². The van der Waals surface area contributed by atoms with Gasteiger partial charge in [0.15, 0.2) is 10.8 Å². The number of rotatable bonds is 5. The lowest BCUT2D eigenvalue weighted by molar-refractivity contribution is -0.139. The van der Waals surface area contributed by atoms with Gasteiger partial charge in [0.05, 0.1) is 12.2 Å². The van der Waals surface area contributed by atoms with E-state index in [1.165, 1.54) is 23.5 Å². The topological polar surface area (TPSA) is 75.6 Å². The molecule has 4 rings (SSSR count). The summed E-state index contributed by atoms with van der Waals surface area (Å²) in [4.78, 5) is 22.2. The van der Waals surface area contributed by atoms with Crippen molar-refractivity contribution in [3.8, 4) is 0 Å². The van der Waals surface area contributed by atoms with E-state index < -0.39 is 17.8 Å². The molecular weight excluding hydrogens is 427 g/mol. The second-order valence-corrected chi connectivity index (χ2v) is 8.38. The maximum Gasteiger partial charge on any atom is 0.338 e. The Kier molecular flexibility index (Phi) is 6.46. The van der Waals surface area contributed by atoms with Gasteiger partial charge in [0, 0.05) is 33.8 Å². The largest absolute Gasteiger partial charge is 0.463 e. The number of nitrogens with one attached hydrogen (secondary N) is 2.